The Morgan fingerprint density at radius 3 is 2.08 bits per heavy atom. The summed E-state index contributed by atoms with van der Waals surface area (Å²) in [5.41, 5.74) is 4.60. The molecule has 0 aromatic heterocycles. The highest BCUT2D eigenvalue weighted by atomic mass is 19.1. The van der Waals surface area contributed by atoms with Gasteiger partial charge in [-0.25, -0.2) is 4.39 Å². The molecule has 1 N–H and O–H groups in total. The molecule has 0 atom stereocenters. The number of hydrogen-bond donors (Lipinski definition) is 1. The van der Waals surface area contributed by atoms with Gasteiger partial charge in [-0.1, -0.05) is 48.5 Å². The van der Waals surface area contributed by atoms with E-state index in [4.69, 9.17) is 0 Å². The minimum absolute atomic E-state index is 0.167. The zero-order valence-corrected chi connectivity index (χ0v) is 12.8. The van der Waals surface area contributed by atoms with Crippen LogP contribution in [0.3, 0.4) is 0 Å². The van der Waals surface area contributed by atoms with Crippen molar-refractivity contribution in [1.29, 1.82) is 0 Å². The van der Waals surface area contributed by atoms with Gasteiger partial charge in [-0.3, -0.25) is 5.43 Å². The number of azo groups is 1. The highest BCUT2D eigenvalue weighted by Crippen LogP contribution is 2.15. The normalized spacial score (nSPS) is 11.6. The fraction of sp³-hybridized carbons (Fsp3) is 0. The van der Waals surface area contributed by atoms with E-state index >= 15 is 0 Å². The van der Waals surface area contributed by atoms with Crippen molar-refractivity contribution in [3.63, 3.8) is 0 Å². The van der Waals surface area contributed by atoms with Gasteiger partial charge in [0.05, 0.1) is 16.9 Å². The maximum atomic E-state index is 14.1. The SMILES string of the molecule is Fc1ccccc1/C(N=Nc1ccccc1)=N\Nc1ccccc1. The van der Waals surface area contributed by atoms with Crippen LogP contribution in [-0.2, 0) is 0 Å². The molecule has 0 saturated heterocycles. The third-order valence-corrected chi connectivity index (χ3v) is 3.20. The molecule has 24 heavy (non-hydrogen) atoms. The van der Waals surface area contributed by atoms with Crippen LogP contribution in [0.4, 0.5) is 15.8 Å². The standard InChI is InChI=1S/C19H15FN4/c20-18-14-8-7-13-17(18)19(23-21-15-9-3-1-4-10-15)24-22-16-11-5-2-6-12-16/h1-14,21H/b23-19+,24-22?. The van der Waals surface area contributed by atoms with E-state index in [2.05, 4.69) is 20.8 Å². The van der Waals surface area contributed by atoms with Crippen LogP contribution in [0.15, 0.2) is 100 Å². The lowest BCUT2D eigenvalue weighted by Gasteiger charge is -2.04. The van der Waals surface area contributed by atoms with E-state index in [9.17, 15) is 4.39 Å². The number of para-hydroxylation sites is 1. The van der Waals surface area contributed by atoms with Crippen molar-refractivity contribution >= 4 is 17.2 Å². The Morgan fingerprint density at radius 1 is 0.750 bits per heavy atom. The fourth-order valence-corrected chi connectivity index (χ4v) is 2.01. The molecule has 118 valence electrons. The van der Waals surface area contributed by atoms with Crippen LogP contribution in [0.25, 0.3) is 0 Å². The molecule has 0 aliphatic heterocycles. The first-order valence-electron chi connectivity index (χ1n) is 7.43. The number of hydrazone groups is 1. The van der Waals surface area contributed by atoms with Crippen molar-refractivity contribution in [1.82, 2.24) is 0 Å². The molecule has 3 aromatic rings. The zero-order valence-electron chi connectivity index (χ0n) is 12.8. The molecule has 0 unspecified atom stereocenters. The highest BCUT2D eigenvalue weighted by molar-refractivity contribution is 5.99. The molecule has 0 fully saturated rings. The van der Waals surface area contributed by atoms with Gasteiger partial charge in [0.25, 0.3) is 0 Å². The molecule has 0 spiro atoms. The van der Waals surface area contributed by atoms with Crippen LogP contribution in [-0.4, -0.2) is 5.84 Å². The summed E-state index contributed by atoms with van der Waals surface area (Å²) < 4.78 is 14.1. The third kappa shape index (κ3) is 4.10. The predicted octanol–water partition coefficient (Wildman–Crippen LogP) is 5.38. The Labute approximate surface area is 139 Å². The van der Waals surface area contributed by atoms with Crippen LogP contribution in [0.2, 0.25) is 0 Å². The summed E-state index contributed by atoms with van der Waals surface area (Å²) in [6, 6.07) is 24.9. The summed E-state index contributed by atoms with van der Waals surface area (Å²) in [4.78, 5) is 0. The lowest BCUT2D eigenvalue weighted by Crippen LogP contribution is -2.03. The maximum Gasteiger partial charge on any atom is 0.204 e. The molecule has 5 heteroatoms. The molecule has 0 radical (unpaired) electrons. The van der Waals surface area contributed by atoms with Gasteiger partial charge in [-0.05, 0) is 36.4 Å². The molecular weight excluding hydrogens is 303 g/mol. The molecule has 0 saturated carbocycles. The predicted molar refractivity (Wildman–Crippen MR) is 94.0 cm³/mol. The van der Waals surface area contributed by atoms with Crippen molar-refractivity contribution in [3.8, 4) is 0 Å². The second-order valence-electron chi connectivity index (χ2n) is 4.93. The Balaban J connectivity index is 1.92. The number of anilines is 1. The Hall–Kier alpha value is -3.34. The molecule has 3 rings (SSSR count). The monoisotopic (exact) mass is 318 g/mol. The first kappa shape index (κ1) is 15.6. The Kier molecular flexibility index (Phi) is 5.04. The van der Waals surface area contributed by atoms with Gasteiger partial charge in [0.1, 0.15) is 5.82 Å². The lowest BCUT2D eigenvalue weighted by atomic mass is 10.2. The number of nitrogens with zero attached hydrogens (tertiary/aromatic N) is 3. The number of nitrogens with one attached hydrogen (secondary N) is 1. The van der Waals surface area contributed by atoms with Crippen molar-refractivity contribution < 1.29 is 4.39 Å². The topological polar surface area (TPSA) is 49.1 Å². The molecule has 0 aliphatic carbocycles. The van der Waals surface area contributed by atoms with E-state index in [1.54, 1.807) is 18.2 Å². The minimum atomic E-state index is -0.405. The third-order valence-electron chi connectivity index (χ3n) is 3.20. The van der Waals surface area contributed by atoms with Crippen LogP contribution < -0.4 is 5.43 Å². The largest absolute Gasteiger partial charge is 0.276 e. The molecule has 0 heterocycles. The van der Waals surface area contributed by atoms with Gasteiger partial charge in [-0.2, -0.15) is 5.10 Å². The number of rotatable bonds is 4. The molecule has 0 bridgehead atoms. The maximum absolute atomic E-state index is 14.1. The quantitative estimate of drug-likeness (QED) is 0.298. The average Bonchev–Trinajstić information content (AvgIpc) is 2.64. The van der Waals surface area contributed by atoms with Crippen molar-refractivity contribution in [2.75, 3.05) is 5.43 Å². The van der Waals surface area contributed by atoms with Gasteiger partial charge < -0.3 is 0 Å². The number of halogens is 1. The highest BCUT2D eigenvalue weighted by Gasteiger charge is 2.08. The first-order valence-corrected chi connectivity index (χ1v) is 7.43. The zero-order chi connectivity index (χ0) is 16.6. The summed E-state index contributed by atoms with van der Waals surface area (Å²) in [6.07, 6.45) is 0. The van der Waals surface area contributed by atoms with E-state index in [0.717, 1.165) is 5.69 Å². The van der Waals surface area contributed by atoms with E-state index in [1.807, 2.05) is 60.7 Å². The lowest BCUT2D eigenvalue weighted by molar-refractivity contribution is 0.625. The summed E-state index contributed by atoms with van der Waals surface area (Å²) in [6.45, 7) is 0. The molecular formula is C19H15FN4. The van der Waals surface area contributed by atoms with Gasteiger partial charge in [0.2, 0.25) is 5.84 Å². The summed E-state index contributed by atoms with van der Waals surface area (Å²) in [5.74, 6) is -0.237. The summed E-state index contributed by atoms with van der Waals surface area (Å²) in [7, 11) is 0. The van der Waals surface area contributed by atoms with E-state index in [0.29, 0.717) is 5.69 Å². The second-order valence-corrected chi connectivity index (χ2v) is 4.93. The fourth-order valence-electron chi connectivity index (χ4n) is 2.01. The van der Waals surface area contributed by atoms with Crippen LogP contribution in [0, 0.1) is 5.82 Å². The average molecular weight is 318 g/mol. The van der Waals surface area contributed by atoms with E-state index in [-0.39, 0.29) is 11.4 Å². The van der Waals surface area contributed by atoms with E-state index < -0.39 is 5.82 Å². The first-order chi connectivity index (χ1) is 11.8. The van der Waals surface area contributed by atoms with Crippen molar-refractivity contribution in [3.05, 3.63) is 96.3 Å². The molecule has 4 nitrogen and oxygen atoms in total. The summed E-state index contributed by atoms with van der Waals surface area (Å²) in [5, 5.41) is 12.4. The van der Waals surface area contributed by atoms with Crippen LogP contribution in [0.5, 0.6) is 0 Å². The van der Waals surface area contributed by atoms with Crippen LogP contribution >= 0.6 is 0 Å². The van der Waals surface area contributed by atoms with Gasteiger partial charge in [0, 0.05) is 0 Å². The van der Waals surface area contributed by atoms with Crippen molar-refractivity contribution in [2.45, 2.75) is 0 Å². The van der Waals surface area contributed by atoms with Gasteiger partial charge >= 0.3 is 0 Å². The number of hydrogen-bond acceptors (Lipinski definition) is 3. The smallest absolute Gasteiger partial charge is 0.204 e. The molecule has 0 amide bonds. The second kappa shape index (κ2) is 7.78. The summed E-state index contributed by atoms with van der Waals surface area (Å²) >= 11 is 0. The minimum Gasteiger partial charge on any atom is -0.276 e. The van der Waals surface area contributed by atoms with Crippen LogP contribution in [0.1, 0.15) is 5.56 Å². The molecule has 0 aliphatic rings. The van der Waals surface area contributed by atoms with Crippen molar-refractivity contribution in [2.24, 2.45) is 15.3 Å². The van der Waals surface area contributed by atoms with Gasteiger partial charge in [-0.15, -0.1) is 10.2 Å². The Morgan fingerprint density at radius 2 is 1.38 bits per heavy atom. The van der Waals surface area contributed by atoms with Gasteiger partial charge in [0.15, 0.2) is 0 Å². The number of amidine groups is 1. The Bertz CT molecular complexity index is 846. The number of benzene rings is 3. The molecule has 3 aromatic carbocycles. The van der Waals surface area contributed by atoms with E-state index in [1.165, 1.54) is 6.07 Å².